The van der Waals surface area contributed by atoms with Gasteiger partial charge in [0.15, 0.2) is 6.29 Å². The molecule has 0 radical (unpaired) electrons. The molecule has 3 atom stereocenters. The Kier molecular flexibility index (Phi) is 2.79. The van der Waals surface area contributed by atoms with Gasteiger partial charge in [-0.25, -0.2) is 0 Å². The Labute approximate surface area is 66.0 Å². The number of carbonyl (C=O) groups excluding carboxylic acids is 1. The maximum absolute atomic E-state index is 10.2. The van der Waals surface area contributed by atoms with E-state index >= 15 is 0 Å². The second-order valence-corrected chi connectivity index (χ2v) is 2.58. The van der Waals surface area contributed by atoms with Crippen LogP contribution in [0.5, 0.6) is 0 Å². The molecular formula is C8H12O3. The standard InChI is InChI=1S/C8H12O3/c1-3-7-5-10-8(4-9)11-6(7)2/h3-4,6-8H,1,5H2,2H3. The minimum absolute atomic E-state index is 0.0245. The predicted molar refractivity (Wildman–Crippen MR) is 40.0 cm³/mol. The lowest BCUT2D eigenvalue weighted by atomic mass is 10.0. The number of rotatable bonds is 2. The van der Waals surface area contributed by atoms with Crippen LogP contribution in [-0.2, 0) is 14.3 Å². The smallest absolute Gasteiger partial charge is 0.214 e. The molecule has 3 unspecified atom stereocenters. The molecule has 1 rings (SSSR count). The maximum Gasteiger partial charge on any atom is 0.214 e. The van der Waals surface area contributed by atoms with Crippen molar-refractivity contribution in [2.24, 2.45) is 5.92 Å². The summed E-state index contributed by atoms with van der Waals surface area (Å²) in [5, 5.41) is 0. The minimum Gasteiger partial charge on any atom is -0.346 e. The molecule has 1 heterocycles. The highest BCUT2D eigenvalue weighted by molar-refractivity contribution is 5.54. The summed E-state index contributed by atoms with van der Waals surface area (Å²) in [6.07, 6.45) is 1.79. The molecule has 1 fully saturated rings. The van der Waals surface area contributed by atoms with Gasteiger partial charge in [-0.3, -0.25) is 4.79 Å². The quantitative estimate of drug-likeness (QED) is 0.437. The average molecular weight is 156 g/mol. The van der Waals surface area contributed by atoms with Crippen LogP contribution < -0.4 is 0 Å². The lowest BCUT2D eigenvalue weighted by Crippen LogP contribution is -2.37. The monoisotopic (exact) mass is 156 g/mol. The molecule has 0 aliphatic carbocycles. The highest BCUT2D eigenvalue weighted by Crippen LogP contribution is 2.17. The number of ether oxygens (including phenoxy) is 2. The number of hydrogen-bond acceptors (Lipinski definition) is 3. The summed E-state index contributed by atoms with van der Waals surface area (Å²) >= 11 is 0. The molecule has 1 saturated heterocycles. The van der Waals surface area contributed by atoms with Gasteiger partial charge in [-0.05, 0) is 6.92 Å². The lowest BCUT2D eigenvalue weighted by Gasteiger charge is -2.30. The first-order valence-corrected chi connectivity index (χ1v) is 3.63. The number of aldehydes is 1. The largest absolute Gasteiger partial charge is 0.346 e. The predicted octanol–water partition coefficient (Wildman–Crippen LogP) is 0.749. The Morgan fingerprint density at radius 2 is 2.36 bits per heavy atom. The number of carbonyl (C=O) groups is 1. The van der Waals surface area contributed by atoms with Gasteiger partial charge in [0.1, 0.15) is 0 Å². The van der Waals surface area contributed by atoms with E-state index in [1.54, 1.807) is 6.08 Å². The zero-order valence-corrected chi connectivity index (χ0v) is 6.53. The van der Waals surface area contributed by atoms with E-state index in [1.807, 2.05) is 6.92 Å². The first kappa shape index (κ1) is 8.43. The molecular weight excluding hydrogens is 144 g/mol. The highest BCUT2D eigenvalue weighted by atomic mass is 16.7. The average Bonchev–Trinajstić information content (AvgIpc) is 2.04. The van der Waals surface area contributed by atoms with Crippen LogP contribution in [0.4, 0.5) is 0 Å². The molecule has 0 aromatic heterocycles. The van der Waals surface area contributed by atoms with Gasteiger partial charge >= 0.3 is 0 Å². The van der Waals surface area contributed by atoms with E-state index in [2.05, 4.69) is 6.58 Å². The third-order valence-electron chi connectivity index (χ3n) is 1.82. The normalized spacial score (nSPS) is 38.1. The Hall–Kier alpha value is -0.670. The Bertz CT molecular complexity index is 155. The summed E-state index contributed by atoms with van der Waals surface area (Å²) in [6.45, 7) is 6.07. The topological polar surface area (TPSA) is 35.5 Å². The molecule has 0 saturated carbocycles. The van der Waals surface area contributed by atoms with Crippen LogP contribution in [0.3, 0.4) is 0 Å². The molecule has 0 amide bonds. The van der Waals surface area contributed by atoms with E-state index in [0.29, 0.717) is 12.9 Å². The van der Waals surface area contributed by atoms with Crippen LogP contribution in [0.15, 0.2) is 12.7 Å². The molecule has 0 N–H and O–H groups in total. The fourth-order valence-corrected chi connectivity index (χ4v) is 1.02. The van der Waals surface area contributed by atoms with E-state index in [1.165, 1.54) is 0 Å². The molecule has 0 aromatic rings. The zero-order chi connectivity index (χ0) is 8.27. The summed E-state index contributed by atoms with van der Waals surface area (Å²) < 4.78 is 10.2. The van der Waals surface area contributed by atoms with Crippen molar-refractivity contribution in [1.82, 2.24) is 0 Å². The summed E-state index contributed by atoms with van der Waals surface area (Å²) in [6, 6.07) is 0. The van der Waals surface area contributed by atoms with Crippen molar-refractivity contribution < 1.29 is 14.3 Å². The van der Waals surface area contributed by atoms with Crippen LogP contribution >= 0.6 is 0 Å². The second kappa shape index (κ2) is 3.64. The van der Waals surface area contributed by atoms with Crippen molar-refractivity contribution in [3.8, 4) is 0 Å². The van der Waals surface area contributed by atoms with E-state index in [0.717, 1.165) is 0 Å². The second-order valence-electron chi connectivity index (χ2n) is 2.58. The van der Waals surface area contributed by atoms with Gasteiger partial charge in [-0.15, -0.1) is 6.58 Å². The molecule has 3 heteroatoms. The van der Waals surface area contributed by atoms with Crippen molar-refractivity contribution in [2.45, 2.75) is 19.3 Å². The van der Waals surface area contributed by atoms with E-state index in [9.17, 15) is 4.79 Å². The molecule has 0 aromatic carbocycles. The Morgan fingerprint density at radius 3 is 2.82 bits per heavy atom. The van der Waals surface area contributed by atoms with Crippen LogP contribution in [0, 0.1) is 5.92 Å². The fraction of sp³-hybridized carbons (Fsp3) is 0.625. The van der Waals surface area contributed by atoms with Gasteiger partial charge < -0.3 is 9.47 Å². The molecule has 11 heavy (non-hydrogen) atoms. The highest BCUT2D eigenvalue weighted by Gasteiger charge is 2.25. The van der Waals surface area contributed by atoms with Gasteiger partial charge in [0, 0.05) is 5.92 Å². The number of hydrogen-bond donors (Lipinski definition) is 0. The van der Waals surface area contributed by atoms with Crippen LogP contribution in [-0.4, -0.2) is 25.3 Å². The van der Waals surface area contributed by atoms with Crippen molar-refractivity contribution in [3.63, 3.8) is 0 Å². The van der Waals surface area contributed by atoms with Crippen LogP contribution in [0.1, 0.15) is 6.92 Å². The van der Waals surface area contributed by atoms with Gasteiger partial charge in [-0.1, -0.05) is 6.08 Å². The van der Waals surface area contributed by atoms with Crippen LogP contribution in [0.2, 0.25) is 0 Å². The van der Waals surface area contributed by atoms with Gasteiger partial charge in [0.25, 0.3) is 0 Å². The van der Waals surface area contributed by atoms with Crippen LogP contribution in [0.25, 0.3) is 0 Å². The Balaban J connectivity index is 2.46. The first-order valence-electron chi connectivity index (χ1n) is 3.63. The Morgan fingerprint density at radius 1 is 1.64 bits per heavy atom. The van der Waals surface area contributed by atoms with Crippen molar-refractivity contribution in [2.75, 3.05) is 6.61 Å². The summed E-state index contributed by atoms with van der Waals surface area (Å²) in [7, 11) is 0. The van der Waals surface area contributed by atoms with Gasteiger partial charge in [0.2, 0.25) is 6.29 Å². The van der Waals surface area contributed by atoms with Gasteiger partial charge in [-0.2, -0.15) is 0 Å². The molecule has 0 spiro atoms. The molecule has 0 bridgehead atoms. The van der Waals surface area contributed by atoms with E-state index < -0.39 is 6.29 Å². The molecule has 1 aliphatic rings. The zero-order valence-electron chi connectivity index (χ0n) is 6.53. The minimum atomic E-state index is -0.679. The third-order valence-corrected chi connectivity index (χ3v) is 1.82. The summed E-state index contributed by atoms with van der Waals surface area (Å²) in [5.74, 6) is 0.200. The van der Waals surface area contributed by atoms with Crippen molar-refractivity contribution >= 4 is 6.29 Å². The molecule has 3 nitrogen and oxygen atoms in total. The first-order chi connectivity index (χ1) is 5.27. The SMILES string of the molecule is C=CC1COC(C=O)OC1C. The van der Waals surface area contributed by atoms with Crippen molar-refractivity contribution in [3.05, 3.63) is 12.7 Å². The van der Waals surface area contributed by atoms with E-state index in [-0.39, 0.29) is 12.0 Å². The van der Waals surface area contributed by atoms with E-state index in [4.69, 9.17) is 9.47 Å². The van der Waals surface area contributed by atoms with Crippen molar-refractivity contribution in [1.29, 1.82) is 0 Å². The van der Waals surface area contributed by atoms with Gasteiger partial charge in [0.05, 0.1) is 12.7 Å². The molecule has 1 aliphatic heterocycles. The molecule has 62 valence electrons. The maximum atomic E-state index is 10.2. The summed E-state index contributed by atoms with van der Waals surface area (Å²) in [4.78, 5) is 10.2. The fourth-order valence-electron chi connectivity index (χ4n) is 1.02. The third kappa shape index (κ3) is 1.88. The lowest BCUT2D eigenvalue weighted by molar-refractivity contribution is -0.211. The summed E-state index contributed by atoms with van der Waals surface area (Å²) in [5.41, 5.74) is 0.